The molecule has 4 nitrogen and oxygen atoms in total. The first-order valence-electron chi connectivity index (χ1n) is 7.05. The summed E-state index contributed by atoms with van der Waals surface area (Å²) in [5.41, 5.74) is 6.18. The first-order chi connectivity index (χ1) is 9.79. The van der Waals surface area contributed by atoms with Crippen LogP contribution >= 0.6 is 0 Å². The maximum Gasteiger partial charge on any atom is 0.146 e. The number of methoxy groups -OCH3 is 1. The van der Waals surface area contributed by atoms with Gasteiger partial charge in [-0.05, 0) is 31.5 Å². The largest absolute Gasteiger partial charge is 0.382 e. The molecular formula is C15H25FN2O2. The summed E-state index contributed by atoms with van der Waals surface area (Å²) in [5, 5.41) is 0. The monoisotopic (exact) mass is 284 g/mol. The molecule has 20 heavy (non-hydrogen) atoms. The Kier molecular flexibility index (Phi) is 8.95. The molecule has 1 rings (SSSR count). The number of nitrogens with two attached hydrogens (primary N) is 1. The molecule has 0 unspecified atom stereocenters. The predicted molar refractivity (Wildman–Crippen MR) is 79.6 cm³/mol. The maximum absolute atomic E-state index is 13.8. The lowest BCUT2D eigenvalue weighted by atomic mass is 10.2. The van der Waals surface area contributed by atoms with E-state index in [1.165, 1.54) is 6.07 Å². The minimum absolute atomic E-state index is 0.190. The molecule has 0 fully saturated rings. The minimum atomic E-state index is -0.190. The van der Waals surface area contributed by atoms with Crippen molar-refractivity contribution in [3.63, 3.8) is 0 Å². The maximum atomic E-state index is 13.8. The first-order valence-corrected chi connectivity index (χ1v) is 7.05. The summed E-state index contributed by atoms with van der Waals surface area (Å²) in [4.78, 5) is 2.03. The second kappa shape index (κ2) is 10.6. The Morgan fingerprint density at radius 3 is 2.55 bits per heavy atom. The normalized spacial score (nSPS) is 10.8. The SMILES string of the molecule is COCCOCCCN(CCCN)c1ccccc1F. The molecule has 1 aromatic carbocycles. The lowest BCUT2D eigenvalue weighted by molar-refractivity contribution is 0.0700. The highest BCUT2D eigenvalue weighted by molar-refractivity contribution is 5.47. The van der Waals surface area contributed by atoms with Gasteiger partial charge in [-0.1, -0.05) is 12.1 Å². The highest BCUT2D eigenvalue weighted by Crippen LogP contribution is 2.19. The molecule has 0 aliphatic heterocycles. The van der Waals surface area contributed by atoms with Crippen LogP contribution in [0, 0.1) is 5.82 Å². The fourth-order valence-electron chi connectivity index (χ4n) is 1.94. The number of anilines is 1. The lowest BCUT2D eigenvalue weighted by Crippen LogP contribution is -2.28. The fourth-order valence-corrected chi connectivity index (χ4v) is 1.94. The van der Waals surface area contributed by atoms with Crippen molar-refractivity contribution >= 4 is 5.69 Å². The van der Waals surface area contributed by atoms with Crippen LogP contribution in [0.5, 0.6) is 0 Å². The number of hydrogen-bond acceptors (Lipinski definition) is 4. The predicted octanol–water partition coefficient (Wildman–Crippen LogP) is 2.03. The highest BCUT2D eigenvalue weighted by Gasteiger charge is 2.10. The molecule has 114 valence electrons. The Hall–Kier alpha value is -1.17. The Balaban J connectivity index is 2.42. The number of para-hydroxylation sites is 1. The van der Waals surface area contributed by atoms with E-state index in [0.29, 0.717) is 32.1 Å². The van der Waals surface area contributed by atoms with E-state index in [-0.39, 0.29) is 5.82 Å². The third-order valence-electron chi connectivity index (χ3n) is 2.97. The third kappa shape index (κ3) is 6.32. The zero-order valence-electron chi connectivity index (χ0n) is 12.2. The molecule has 0 heterocycles. The summed E-state index contributed by atoms with van der Waals surface area (Å²) < 4.78 is 24.2. The average Bonchev–Trinajstić information content (AvgIpc) is 2.47. The minimum Gasteiger partial charge on any atom is -0.382 e. The van der Waals surface area contributed by atoms with Gasteiger partial charge >= 0.3 is 0 Å². The zero-order valence-corrected chi connectivity index (χ0v) is 12.2. The van der Waals surface area contributed by atoms with E-state index in [1.54, 1.807) is 19.2 Å². The molecule has 0 aromatic heterocycles. The molecule has 0 aliphatic rings. The smallest absolute Gasteiger partial charge is 0.146 e. The van der Waals surface area contributed by atoms with Gasteiger partial charge in [0.25, 0.3) is 0 Å². The van der Waals surface area contributed by atoms with Crippen molar-refractivity contribution in [3.05, 3.63) is 30.1 Å². The molecule has 0 radical (unpaired) electrons. The summed E-state index contributed by atoms with van der Waals surface area (Å²) in [6.07, 6.45) is 1.70. The van der Waals surface area contributed by atoms with E-state index in [0.717, 1.165) is 25.9 Å². The highest BCUT2D eigenvalue weighted by atomic mass is 19.1. The van der Waals surface area contributed by atoms with E-state index >= 15 is 0 Å². The molecule has 2 N–H and O–H groups in total. The topological polar surface area (TPSA) is 47.7 Å². The van der Waals surface area contributed by atoms with Gasteiger partial charge in [0.1, 0.15) is 5.82 Å². The lowest BCUT2D eigenvalue weighted by Gasteiger charge is -2.25. The molecule has 0 saturated carbocycles. The van der Waals surface area contributed by atoms with Gasteiger partial charge < -0.3 is 20.1 Å². The van der Waals surface area contributed by atoms with Gasteiger partial charge in [-0.2, -0.15) is 0 Å². The van der Waals surface area contributed by atoms with E-state index < -0.39 is 0 Å². The molecule has 5 heteroatoms. The summed E-state index contributed by atoms with van der Waals surface area (Å²) >= 11 is 0. The van der Waals surface area contributed by atoms with E-state index in [1.807, 2.05) is 11.0 Å². The van der Waals surface area contributed by atoms with Gasteiger partial charge in [-0.25, -0.2) is 4.39 Å². The van der Waals surface area contributed by atoms with Crippen LogP contribution < -0.4 is 10.6 Å². The van der Waals surface area contributed by atoms with Gasteiger partial charge in [-0.15, -0.1) is 0 Å². The van der Waals surface area contributed by atoms with Gasteiger partial charge in [0.05, 0.1) is 18.9 Å². The zero-order chi connectivity index (χ0) is 14.6. The van der Waals surface area contributed by atoms with Crippen molar-refractivity contribution < 1.29 is 13.9 Å². The number of nitrogens with zero attached hydrogens (tertiary/aromatic N) is 1. The van der Waals surface area contributed by atoms with E-state index in [9.17, 15) is 4.39 Å². The molecule has 0 saturated heterocycles. The van der Waals surface area contributed by atoms with Crippen LogP contribution in [0.15, 0.2) is 24.3 Å². The van der Waals surface area contributed by atoms with Crippen LogP contribution in [0.2, 0.25) is 0 Å². The molecule has 1 aromatic rings. The number of benzene rings is 1. The Labute approximate surface area is 120 Å². The summed E-state index contributed by atoms with van der Waals surface area (Å²) in [6, 6.07) is 6.84. The Bertz CT molecular complexity index is 363. The van der Waals surface area contributed by atoms with Crippen molar-refractivity contribution in [2.24, 2.45) is 5.73 Å². The quantitative estimate of drug-likeness (QED) is 0.632. The fraction of sp³-hybridized carbons (Fsp3) is 0.600. The van der Waals surface area contributed by atoms with Gasteiger partial charge in [0.15, 0.2) is 0 Å². The Morgan fingerprint density at radius 1 is 1.10 bits per heavy atom. The van der Waals surface area contributed by atoms with Crippen molar-refractivity contribution in [1.29, 1.82) is 0 Å². The van der Waals surface area contributed by atoms with Crippen LogP contribution in [0.1, 0.15) is 12.8 Å². The first kappa shape index (κ1) is 16.9. The van der Waals surface area contributed by atoms with Crippen molar-refractivity contribution in [3.8, 4) is 0 Å². The van der Waals surface area contributed by atoms with Crippen molar-refractivity contribution in [2.75, 3.05) is 51.5 Å². The van der Waals surface area contributed by atoms with Crippen molar-refractivity contribution in [1.82, 2.24) is 0 Å². The van der Waals surface area contributed by atoms with Crippen LogP contribution in [-0.2, 0) is 9.47 Å². The standard InChI is InChI=1S/C15H25FN2O2/c1-19-12-13-20-11-5-10-18(9-4-8-17)15-7-3-2-6-14(15)16/h2-3,6-7H,4-5,8-13,17H2,1H3. The second-order valence-corrected chi connectivity index (χ2v) is 4.54. The number of halogens is 1. The number of ether oxygens (including phenoxy) is 2. The molecular weight excluding hydrogens is 259 g/mol. The van der Waals surface area contributed by atoms with Gasteiger partial charge in [0.2, 0.25) is 0 Å². The molecule has 0 amide bonds. The molecule has 0 atom stereocenters. The summed E-state index contributed by atoms with van der Waals surface area (Å²) in [7, 11) is 1.65. The van der Waals surface area contributed by atoms with Crippen molar-refractivity contribution in [2.45, 2.75) is 12.8 Å². The molecule has 0 bridgehead atoms. The number of rotatable bonds is 11. The van der Waals surface area contributed by atoms with Gasteiger partial charge in [-0.3, -0.25) is 0 Å². The summed E-state index contributed by atoms with van der Waals surface area (Å²) in [6.45, 7) is 3.97. The second-order valence-electron chi connectivity index (χ2n) is 4.54. The summed E-state index contributed by atoms with van der Waals surface area (Å²) in [5.74, 6) is -0.190. The van der Waals surface area contributed by atoms with Crippen LogP contribution in [0.3, 0.4) is 0 Å². The Morgan fingerprint density at radius 2 is 1.85 bits per heavy atom. The van der Waals surface area contributed by atoms with E-state index in [2.05, 4.69) is 0 Å². The molecule has 0 aliphatic carbocycles. The van der Waals surface area contributed by atoms with Crippen LogP contribution in [0.4, 0.5) is 10.1 Å². The van der Waals surface area contributed by atoms with Crippen LogP contribution in [0.25, 0.3) is 0 Å². The van der Waals surface area contributed by atoms with Crippen LogP contribution in [-0.4, -0.2) is 46.6 Å². The van der Waals surface area contributed by atoms with E-state index in [4.69, 9.17) is 15.2 Å². The number of hydrogen-bond donors (Lipinski definition) is 1. The van der Waals surface area contributed by atoms with Gasteiger partial charge in [0, 0.05) is 26.8 Å². The third-order valence-corrected chi connectivity index (χ3v) is 2.97. The molecule has 0 spiro atoms. The average molecular weight is 284 g/mol.